The summed E-state index contributed by atoms with van der Waals surface area (Å²) in [5.41, 5.74) is 7.42. The molecule has 0 saturated heterocycles. The van der Waals surface area contributed by atoms with Crippen molar-refractivity contribution in [1.29, 1.82) is 0 Å². The summed E-state index contributed by atoms with van der Waals surface area (Å²) < 4.78 is 9.81. The Morgan fingerprint density at radius 2 is 1.61 bits per heavy atom. The number of ether oxygens (including phenoxy) is 2. The van der Waals surface area contributed by atoms with E-state index in [1.165, 1.54) is 6.42 Å². The molecule has 0 aliphatic carbocycles. The molecule has 2 amide bonds. The Kier molecular flexibility index (Phi) is 21.6. The van der Waals surface area contributed by atoms with Crippen LogP contribution in [0.3, 0.4) is 0 Å². The molecule has 4 N–H and O–H groups in total. The Bertz CT molecular complexity index is 899. The summed E-state index contributed by atoms with van der Waals surface area (Å²) in [4.78, 5) is 53.4. The zero-order valence-corrected chi connectivity index (χ0v) is 24.0. The Hall–Kier alpha value is -3.69. The van der Waals surface area contributed by atoms with Crippen LogP contribution in [0.25, 0.3) is 0 Å². The second-order valence-corrected chi connectivity index (χ2v) is 7.99. The molecule has 0 radical (unpaired) electrons. The fourth-order valence-electron chi connectivity index (χ4n) is 2.86. The maximum atomic E-state index is 12.8. The molecule has 0 spiro atoms. The van der Waals surface area contributed by atoms with Crippen LogP contribution in [0, 0.1) is 0 Å². The quantitative estimate of drug-likeness (QED) is 0.126. The van der Waals surface area contributed by atoms with Crippen LogP contribution in [-0.4, -0.2) is 55.3 Å². The molecule has 10 heteroatoms. The number of allylic oxidation sites excluding steroid dienone is 6. The van der Waals surface area contributed by atoms with Crippen LogP contribution in [-0.2, 0) is 28.7 Å². The van der Waals surface area contributed by atoms with Gasteiger partial charge in [0.05, 0.1) is 31.0 Å². The van der Waals surface area contributed by atoms with Crippen molar-refractivity contribution in [2.45, 2.75) is 80.2 Å². The zero-order valence-electron chi connectivity index (χ0n) is 24.0. The van der Waals surface area contributed by atoms with Gasteiger partial charge >= 0.3 is 11.9 Å². The van der Waals surface area contributed by atoms with Gasteiger partial charge in [-0.2, -0.15) is 0 Å². The molecule has 1 unspecified atom stereocenters. The number of nitrogens with two attached hydrogens (primary N) is 1. The van der Waals surface area contributed by atoms with Crippen molar-refractivity contribution in [2.75, 3.05) is 19.8 Å². The SMILES string of the molecule is C=C\C=C/C=C(CC)/N=C(C)/C(C(=O)NCC(=O)NC(CCC(=O)OCC)C(=O)OCC)=C(/C)N.CCC. The van der Waals surface area contributed by atoms with Crippen molar-refractivity contribution in [3.05, 3.63) is 47.9 Å². The van der Waals surface area contributed by atoms with Gasteiger partial charge in [0.1, 0.15) is 6.04 Å². The van der Waals surface area contributed by atoms with Gasteiger partial charge in [0.15, 0.2) is 0 Å². The number of carbonyl (C=O) groups is 4. The Morgan fingerprint density at radius 1 is 1.00 bits per heavy atom. The molecule has 0 heterocycles. The minimum Gasteiger partial charge on any atom is -0.466 e. The third-order valence-corrected chi connectivity index (χ3v) is 4.45. The summed E-state index contributed by atoms with van der Waals surface area (Å²) in [6, 6.07) is -1.06. The van der Waals surface area contributed by atoms with Crippen molar-refractivity contribution in [3.8, 4) is 0 Å². The van der Waals surface area contributed by atoms with E-state index in [1.54, 1.807) is 52.0 Å². The van der Waals surface area contributed by atoms with Gasteiger partial charge in [-0.1, -0.05) is 52.0 Å². The fourth-order valence-corrected chi connectivity index (χ4v) is 2.86. The Balaban J connectivity index is 0. The topological polar surface area (TPSA) is 149 Å². The number of rotatable bonds is 15. The minimum atomic E-state index is -1.06. The molecule has 38 heavy (non-hydrogen) atoms. The number of nitrogens with zero attached hydrogens (tertiary/aromatic N) is 1. The van der Waals surface area contributed by atoms with E-state index in [0.29, 0.717) is 12.1 Å². The van der Waals surface area contributed by atoms with Gasteiger partial charge in [-0.05, 0) is 46.6 Å². The normalized spacial score (nSPS) is 12.9. The van der Waals surface area contributed by atoms with E-state index in [2.05, 4.69) is 36.1 Å². The molecule has 0 saturated carbocycles. The molecule has 0 rings (SSSR count). The lowest BCUT2D eigenvalue weighted by Gasteiger charge is -2.17. The molecule has 214 valence electrons. The van der Waals surface area contributed by atoms with Crippen LogP contribution < -0.4 is 16.4 Å². The van der Waals surface area contributed by atoms with E-state index in [9.17, 15) is 19.2 Å². The van der Waals surface area contributed by atoms with Gasteiger partial charge in [0.2, 0.25) is 5.91 Å². The van der Waals surface area contributed by atoms with E-state index in [0.717, 1.165) is 5.70 Å². The van der Waals surface area contributed by atoms with E-state index >= 15 is 0 Å². The number of aliphatic imine (C=N–C) groups is 1. The van der Waals surface area contributed by atoms with E-state index in [1.807, 2.05) is 6.92 Å². The van der Waals surface area contributed by atoms with Crippen molar-refractivity contribution >= 4 is 29.5 Å². The Labute approximate surface area is 227 Å². The van der Waals surface area contributed by atoms with Gasteiger partial charge in [0.25, 0.3) is 5.91 Å². The van der Waals surface area contributed by atoms with Crippen LogP contribution in [0.1, 0.15) is 74.1 Å². The number of esters is 2. The molecule has 0 aliphatic rings. The first-order valence-electron chi connectivity index (χ1n) is 12.9. The molecule has 0 bridgehead atoms. The van der Waals surface area contributed by atoms with Crippen molar-refractivity contribution in [3.63, 3.8) is 0 Å². The highest BCUT2D eigenvalue weighted by atomic mass is 16.5. The smallest absolute Gasteiger partial charge is 0.328 e. The Morgan fingerprint density at radius 3 is 2.11 bits per heavy atom. The first-order chi connectivity index (χ1) is 18.0. The molecule has 0 aromatic heterocycles. The number of hydrogen-bond acceptors (Lipinski definition) is 8. The standard InChI is InChI=1S/C25H38N4O6.C3H8/c1-7-11-12-13-19(8-2)28-18(6)23(17(5)26)24(32)27-16-21(30)29-20(25(33)35-10-4)14-15-22(31)34-9-3;1-3-2/h7,11-13,20H,1,8-10,14-16,26H2,2-6H3,(H,27,32)(H,29,30);3H2,1-2H3/b12-11-,19-13+,23-17+,28-18+;. The number of amides is 2. The van der Waals surface area contributed by atoms with Gasteiger partial charge < -0.3 is 25.8 Å². The second-order valence-electron chi connectivity index (χ2n) is 7.99. The van der Waals surface area contributed by atoms with E-state index in [4.69, 9.17) is 15.2 Å². The molecule has 0 aromatic rings. The second kappa shape index (κ2) is 22.5. The molecule has 10 nitrogen and oxygen atoms in total. The summed E-state index contributed by atoms with van der Waals surface area (Å²) in [6.07, 6.45) is 8.78. The summed E-state index contributed by atoms with van der Waals surface area (Å²) in [5.74, 6) is -2.39. The largest absolute Gasteiger partial charge is 0.466 e. The average Bonchev–Trinajstić information content (AvgIpc) is 2.85. The number of nitrogens with one attached hydrogen (secondary N) is 2. The van der Waals surface area contributed by atoms with Gasteiger partial charge in [-0.25, -0.2) is 4.79 Å². The van der Waals surface area contributed by atoms with Gasteiger partial charge in [-0.15, -0.1) is 0 Å². The predicted molar refractivity (Wildman–Crippen MR) is 151 cm³/mol. The molecule has 0 aromatic carbocycles. The third kappa shape index (κ3) is 16.9. The maximum Gasteiger partial charge on any atom is 0.328 e. The van der Waals surface area contributed by atoms with Crippen LogP contribution in [0.4, 0.5) is 0 Å². The summed E-state index contributed by atoms with van der Waals surface area (Å²) in [6.45, 7) is 16.2. The van der Waals surface area contributed by atoms with E-state index in [-0.39, 0.29) is 37.3 Å². The first-order valence-corrected chi connectivity index (χ1v) is 12.9. The molecular formula is C28H46N4O6. The zero-order chi connectivity index (χ0) is 29.5. The van der Waals surface area contributed by atoms with Crippen molar-refractivity contribution < 1.29 is 28.7 Å². The van der Waals surface area contributed by atoms with Crippen molar-refractivity contribution in [1.82, 2.24) is 10.6 Å². The average molecular weight is 535 g/mol. The van der Waals surface area contributed by atoms with E-state index < -0.39 is 36.3 Å². The highest BCUT2D eigenvalue weighted by Gasteiger charge is 2.24. The number of carbonyl (C=O) groups excluding carboxylic acids is 4. The van der Waals surface area contributed by atoms with Gasteiger partial charge in [-0.3, -0.25) is 19.4 Å². The third-order valence-electron chi connectivity index (χ3n) is 4.45. The highest BCUT2D eigenvalue weighted by molar-refractivity contribution is 6.21. The van der Waals surface area contributed by atoms with Gasteiger partial charge in [0, 0.05) is 17.8 Å². The van der Waals surface area contributed by atoms with Crippen LogP contribution >= 0.6 is 0 Å². The summed E-state index contributed by atoms with van der Waals surface area (Å²) in [5, 5.41) is 4.97. The minimum absolute atomic E-state index is 0.00259. The highest BCUT2D eigenvalue weighted by Crippen LogP contribution is 2.10. The lowest BCUT2D eigenvalue weighted by molar-refractivity contribution is -0.148. The van der Waals surface area contributed by atoms with Crippen LogP contribution in [0.15, 0.2) is 52.8 Å². The van der Waals surface area contributed by atoms with Crippen molar-refractivity contribution in [2.24, 2.45) is 10.7 Å². The molecule has 1 atom stereocenters. The van der Waals surface area contributed by atoms with Crippen LogP contribution in [0.2, 0.25) is 0 Å². The predicted octanol–water partition coefficient (Wildman–Crippen LogP) is 3.64. The number of hydrogen-bond donors (Lipinski definition) is 3. The fraction of sp³-hybridized carbons (Fsp3) is 0.536. The molecular weight excluding hydrogens is 488 g/mol. The first kappa shape index (κ1) is 36.5. The molecule has 0 fully saturated rings. The summed E-state index contributed by atoms with van der Waals surface area (Å²) in [7, 11) is 0. The monoisotopic (exact) mass is 534 g/mol. The molecule has 0 aliphatic heterocycles. The summed E-state index contributed by atoms with van der Waals surface area (Å²) >= 11 is 0. The van der Waals surface area contributed by atoms with Crippen LogP contribution in [0.5, 0.6) is 0 Å². The lowest BCUT2D eigenvalue weighted by Crippen LogP contribution is -2.47. The lowest BCUT2D eigenvalue weighted by atomic mass is 10.1. The maximum absolute atomic E-state index is 12.8.